The van der Waals surface area contributed by atoms with Crippen molar-refractivity contribution >= 4 is 28.0 Å². The largest absolute Gasteiger partial charge is 0.412 e. The lowest BCUT2D eigenvalue weighted by molar-refractivity contribution is -0.385. The molecule has 2 aromatic rings. The zero-order chi connectivity index (χ0) is 31.9. The summed E-state index contributed by atoms with van der Waals surface area (Å²) in [7, 11) is -4.31. The number of non-ortho nitro benzene ring substituents is 2. The molecule has 0 radical (unpaired) electrons. The molecule has 0 saturated heterocycles. The minimum Gasteiger partial charge on any atom is -0.412 e. The fraction of sp³-hybridized carbons (Fsp3) is 0.438. The van der Waals surface area contributed by atoms with Gasteiger partial charge in [0.25, 0.3) is 11.4 Å². The third-order valence-corrected chi connectivity index (χ3v) is 17.0. The monoisotopic (exact) mass is 606 g/mol. The van der Waals surface area contributed by atoms with E-state index < -0.39 is 26.5 Å². The minimum atomic E-state index is -2.16. The van der Waals surface area contributed by atoms with Gasteiger partial charge in [0.1, 0.15) is 0 Å². The number of benzene rings is 2. The Bertz CT molecular complexity index is 1330. The Hall–Kier alpha value is -3.55. The SMILES string of the molecule is CC(C)(C)[Si](C)(C)OC/C(C#Cc1ccc([N+](=O)[O-])cc1)=C(\C#Cc1ccc([N+](=O)[O-])cc1)CO[Si](C)(C)C(C)(C)C. The van der Waals surface area contributed by atoms with Gasteiger partial charge in [-0.05, 0) is 60.5 Å². The van der Waals surface area contributed by atoms with Gasteiger partial charge in [0.15, 0.2) is 16.6 Å². The van der Waals surface area contributed by atoms with E-state index >= 15 is 0 Å². The fourth-order valence-electron chi connectivity index (χ4n) is 2.96. The first-order valence-corrected chi connectivity index (χ1v) is 19.6. The molecule has 0 spiro atoms. The third kappa shape index (κ3) is 9.78. The van der Waals surface area contributed by atoms with E-state index in [4.69, 9.17) is 8.85 Å². The van der Waals surface area contributed by atoms with Crippen LogP contribution in [0.15, 0.2) is 59.7 Å². The Balaban J connectivity index is 2.67. The summed E-state index contributed by atoms with van der Waals surface area (Å²) < 4.78 is 13.1. The highest BCUT2D eigenvalue weighted by Gasteiger charge is 2.38. The van der Waals surface area contributed by atoms with E-state index in [1.165, 1.54) is 24.3 Å². The molecule has 224 valence electrons. The van der Waals surface area contributed by atoms with E-state index in [9.17, 15) is 20.2 Å². The van der Waals surface area contributed by atoms with Gasteiger partial charge in [0, 0.05) is 46.5 Å². The summed E-state index contributed by atoms with van der Waals surface area (Å²) in [4.78, 5) is 21.3. The summed E-state index contributed by atoms with van der Waals surface area (Å²) in [5, 5.41) is 22.1. The molecule has 0 unspecified atom stereocenters. The maximum atomic E-state index is 11.1. The molecule has 0 heterocycles. The number of nitro benzene ring substituents is 2. The van der Waals surface area contributed by atoms with Gasteiger partial charge in [0.05, 0.1) is 23.1 Å². The van der Waals surface area contributed by atoms with E-state index in [1.54, 1.807) is 24.3 Å². The molecule has 0 fully saturated rings. The molecule has 2 rings (SSSR count). The first-order chi connectivity index (χ1) is 19.2. The first kappa shape index (κ1) is 34.7. The number of hydrogen-bond acceptors (Lipinski definition) is 6. The summed E-state index contributed by atoms with van der Waals surface area (Å²) in [5.74, 6) is 12.7. The predicted molar refractivity (Wildman–Crippen MR) is 173 cm³/mol. The van der Waals surface area contributed by atoms with Crippen LogP contribution in [0, 0.1) is 43.9 Å². The van der Waals surface area contributed by atoms with Crippen molar-refractivity contribution in [3.8, 4) is 23.7 Å². The van der Waals surface area contributed by atoms with E-state index in [2.05, 4.69) is 91.4 Å². The molecule has 0 saturated carbocycles. The van der Waals surface area contributed by atoms with E-state index in [0.717, 1.165) is 0 Å². The van der Waals surface area contributed by atoms with Gasteiger partial charge in [-0.1, -0.05) is 65.2 Å². The number of hydrogen-bond donors (Lipinski definition) is 0. The minimum absolute atomic E-state index is 0.00463. The molecule has 0 atom stereocenters. The Labute approximate surface area is 252 Å². The van der Waals surface area contributed by atoms with Gasteiger partial charge < -0.3 is 8.85 Å². The number of nitrogens with zero attached hydrogens (tertiary/aromatic N) is 2. The number of nitro groups is 2. The van der Waals surface area contributed by atoms with Crippen LogP contribution in [0.5, 0.6) is 0 Å². The molecule has 42 heavy (non-hydrogen) atoms. The highest BCUT2D eigenvalue weighted by molar-refractivity contribution is 6.74. The van der Waals surface area contributed by atoms with Crippen molar-refractivity contribution in [3.63, 3.8) is 0 Å². The Morgan fingerprint density at radius 2 is 0.929 bits per heavy atom. The molecule has 2 aromatic carbocycles. The molecule has 0 aliphatic carbocycles. The standard InChI is InChI=1S/C32H42N2O6Si2/c1-31(2,3)41(7,8)39-23-27(17-11-25-13-19-29(20-14-25)33(35)36)28(24-40-42(9,10)32(4,5)6)18-12-26-15-21-30(22-16-26)34(37)38/h13-16,19-22H,23-24H2,1-10H3/b28-27+. The van der Waals surface area contributed by atoms with Gasteiger partial charge in [-0.2, -0.15) is 0 Å². The van der Waals surface area contributed by atoms with Crippen molar-refractivity contribution in [2.45, 2.75) is 77.8 Å². The maximum absolute atomic E-state index is 11.1. The molecule has 0 bridgehead atoms. The lowest BCUT2D eigenvalue weighted by Crippen LogP contribution is -2.42. The van der Waals surface area contributed by atoms with Gasteiger partial charge in [-0.3, -0.25) is 20.2 Å². The lowest BCUT2D eigenvalue weighted by atomic mass is 10.1. The molecule has 0 aliphatic rings. The third-order valence-electron chi connectivity index (χ3n) is 8.00. The second-order valence-corrected chi connectivity index (χ2v) is 22.8. The van der Waals surface area contributed by atoms with Crippen LogP contribution in [0.25, 0.3) is 0 Å². The second-order valence-electron chi connectivity index (χ2n) is 13.2. The van der Waals surface area contributed by atoms with Crippen LogP contribution in [-0.2, 0) is 8.85 Å². The molecule has 0 aliphatic heterocycles. The molecule has 0 amide bonds. The fourth-order valence-corrected chi connectivity index (χ4v) is 4.84. The van der Waals surface area contributed by atoms with Crippen LogP contribution in [-0.4, -0.2) is 39.7 Å². The zero-order valence-electron chi connectivity index (χ0n) is 26.4. The Kier molecular flexibility index (Phi) is 11.2. The Morgan fingerprint density at radius 3 is 1.17 bits per heavy atom. The van der Waals surface area contributed by atoms with Crippen molar-refractivity contribution in [2.24, 2.45) is 0 Å². The number of rotatable bonds is 8. The van der Waals surface area contributed by atoms with Gasteiger partial charge in [-0.25, -0.2) is 0 Å². The average molecular weight is 607 g/mol. The summed E-state index contributed by atoms with van der Waals surface area (Å²) >= 11 is 0. The van der Waals surface area contributed by atoms with Gasteiger partial charge in [-0.15, -0.1) is 0 Å². The quantitative estimate of drug-likeness (QED) is 0.130. The van der Waals surface area contributed by atoms with Crippen molar-refractivity contribution in [1.29, 1.82) is 0 Å². The van der Waals surface area contributed by atoms with Gasteiger partial charge in [0.2, 0.25) is 0 Å². The van der Waals surface area contributed by atoms with E-state index in [1.807, 2.05) is 0 Å². The topological polar surface area (TPSA) is 105 Å². The van der Waals surface area contributed by atoms with Crippen molar-refractivity contribution in [2.75, 3.05) is 13.2 Å². The summed E-state index contributed by atoms with van der Waals surface area (Å²) in [6.07, 6.45) is 0. The smallest absolute Gasteiger partial charge is 0.269 e. The van der Waals surface area contributed by atoms with E-state index in [0.29, 0.717) is 22.3 Å². The molecule has 0 aromatic heterocycles. The first-order valence-electron chi connectivity index (χ1n) is 13.8. The summed E-state index contributed by atoms with van der Waals surface area (Å²) in [5.41, 5.74) is 2.58. The predicted octanol–water partition coefficient (Wildman–Crippen LogP) is 8.25. The Morgan fingerprint density at radius 1 is 0.643 bits per heavy atom. The molecule has 10 heteroatoms. The molecule has 8 nitrogen and oxygen atoms in total. The van der Waals surface area contributed by atoms with Crippen molar-refractivity contribution in [1.82, 2.24) is 0 Å². The highest BCUT2D eigenvalue weighted by Crippen LogP contribution is 2.38. The van der Waals surface area contributed by atoms with Crippen molar-refractivity contribution in [3.05, 3.63) is 91.0 Å². The van der Waals surface area contributed by atoms with Gasteiger partial charge >= 0.3 is 0 Å². The molecule has 0 N–H and O–H groups in total. The maximum Gasteiger partial charge on any atom is 0.269 e. The van der Waals surface area contributed by atoms with E-state index in [-0.39, 0.29) is 34.7 Å². The highest BCUT2D eigenvalue weighted by atomic mass is 28.4. The average Bonchev–Trinajstić information content (AvgIpc) is 2.88. The van der Waals surface area contributed by atoms with Crippen molar-refractivity contribution < 1.29 is 18.7 Å². The van der Waals surface area contributed by atoms with Crippen LogP contribution >= 0.6 is 0 Å². The van der Waals surface area contributed by atoms with Crippen LogP contribution in [0.3, 0.4) is 0 Å². The van der Waals surface area contributed by atoms with Crippen LogP contribution in [0.1, 0.15) is 52.7 Å². The van der Waals surface area contributed by atoms with Crippen LogP contribution < -0.4 is 0 Å². The molecular weight excluding hydrogens is 565 g/mol. The summed E-state index contributed by atoms with van der Waals surface area (Å²) in [6, 6.07) is 12.2. The normalized spacial score (nSPS) is 12.8. The van der Waals surface area contributed by atoms with Crippen LogP contribution in [0.4, 0.5) is 11.4 Å². The van der Waals surface area contributed by atoms with Crippen LogP contribution in [0.2, 0.25) is 36.3 Å². The summed E-state index contributed by atoms with van der Waals surface area (Å²) in [6.45, 7) is 22.2. The second kappa shape index (κ2) is 13.6. The lowest BCUT2D eigenvalue weighted by Gasteiger charge is -2.37. The molecular formula is C32H42N2O6Si2. The zero-order valence-corrected chi connectivity index (χ0v) is 28.4.